The van der Waals surface area contributed by atoms with Gasteiger partial charge in [0.1, 0.15) is 17.5 Å². The normalized spacial score (nSPS) is 22.0. The molecule has 1 aliphatic heterocycles. The smallest absolute Gasteiger partial charge is 0.324 e. The second kappa shape index (κ2) is 6.88. The lowest BCUT2D eigenvalue weighted by atomic mass is 9.87. The van der Waals surface area contributed by atoms with E-state index < -0.39 is 0 Å². The van der Waals surface area contributed by atoms with E-state index in [2.05, 4.69) is 15.3 Å². The second-order valence-electron chi connectivity index (χ2n) is 7.38. The first kappa shape index (κ1) is 17.7. The number of carbonyl (C=O) groups is 2. The molecule has 148 valence electrons. The van der Waals surface area contributed by atoms with Crippen molar-refractivity contribution in [3.63, 3.8) is 0 Å². The van der Waals surface area contributed by atoms with E-state index in [4.69, 9.17) is 9.15 Å². The first-order valence-electron chi connectivity index (χ1n) is 9.75. The predicted molar refractivity (Wildman–Crippen MR) is 103 cm³/mol. The molecule has 29 heavy (non-hydrogen) atoms. The van der Waals surface area contributed by atoms with Crippen molar-refractivity contribution in [3.8, 4) is 11.6 Å². The van der Waals surface area contributed by atoms with E-state index in [-0.39, 0.29) is 29.9 Å². The molecule has 5 rings (SSSR count). The number of amides is 3. The molecule has 0 bridgehead atoms. The molecule has 1 saturated carbocycles. The number of aromatic nitrogens is 2. The highest BCUT2D eigenvalue weighted by molar-refractivity contribution is 5.99. The van der Waals surface area contributed by atoms with E-state index in [1.807, 2.05) is 36.1 Å². The summed E-state index contributed by atoms with van der Waals surface area (Å²) in [6.45, 7) is 1.97. The number of urea groups is 1. The van der Waals surface area contributed by atoms with Crippen LogP contribution in [0.3, 0.4) is 0 Å². The number of carbonyl (C=O) groups excluding carboxylic acids is 2. The topological polar surface area (TPSA) is 97.6 Å². The Balaban J connectivity index is 1.44. The van der Waals surface area contributed by atoms with Crippen molar-refractivity contribution >= 4 is 23.0 Å². The molecule has 3 heterocycles. The van der Waals surface area contributed by atoms with Gasteiger partial charge in [0.25, 0.3) is 0 Å². The summed E-state index contributed by atoms with van der Waals surface area (Å²) >= 11 is 0. The zero-order chi connectivity index (χ0) is 20.0. The molecule has 3 aromatic rings. The molecule has 2 fully saturated rings. The number of imide groups is 1. The lowest BCUT2D eigenvalue weighted by Gasteiger charge is -2.40. The number of hydrogen-bond donors (Lipinski definition) is 1. The fraction of sp³-hybridized carbons (Fsp3) is 0.333. The quantitative estimate of drug-likeness (QED) is 0.709. The lowest BCUT2D eigenvalue weighted by Crippen LogP contribution is -2.56. The van der Waals surface area contributed by atoms with Crippen molar-refractivity contribution in [2.75, 3.05) is 0 Å². The Hall–Kier alpha value is -3.42. The summed E-state index contributed by atoms with van der Waals surface area (Å²) in [6.07, 6.45) is 5.54. The largest absolute Gasteiger partial charge is 0.446 e. The molecule has 8 nitrogen and oxygen atoms in total. The molecular formula is C21H20N4O4. The van der Waals surface area contributed by atoms with Crippen LogP contribution in [0.1, 0.15) is 37.8 Å². The molecule has 3 amide bonds. The van der Waals surface area contributed by atoms with Gasteiger partial charge in [-0.2, -0.15) is 0 Å². The predicted octanol–water partition coefficient (Wildman–Crippen LogP) is 3.80. The third-order valence-electron chi connectivity index (χ3n) is 5.52. The zero-order valence-corrected chi connectivity index (χ0v) is 15.9. The van der Waals surface area contributed by atoms with E-state index in [0.29, 0.717) is 29.2 Å². The minimum absolute atomic E-state index is 0.202. The zero-order valence-electron chi connectivity index (χ0n) is 15.9. The third-order valence-corrected chi connectivity index (χ3v) is 5.52. The average Bonchev–Trinajstić information content (AvgIpc) is 3.43. The molecular weight excluding hydrogens is 372 g/mol. The maximum Gasteiger partial charge on any atom is 0.324 e. The van der Waals surface area contributed by atoms with E-state index >= 15 is 0 Å². The van der Waals surface area contributed by atoms with Crippen LogP contribution in [0.5, 0.6) is 11.6 Å². The first-order valence-corrected chi connectivity index (χ1v) is 9.75. The van der Waals surface area contributed by atoms with Gasteiger partial charge in [0.05, 0.1) is 18.2 Å². The Morgan fingerprint density at radius 2 is 1.97 bits per heavy atom. The maximum absolute atomic E-state index is 12.5. The molecule has 2 aliphatic rings. The molecule has 1 aromatic carbocycles. The summed E-state index contributed by atoms with van der Waals surface area (Å²) < 4.78 is 11.2. The summed E-state index contributed by atoms with van der Waals surface area (Å²) in [7, 11) is 0. The molecule has 0 radical (unpaired) electrons. The number of nitrogens with zero attached hydrogens (tertiary/aromatic N) is 3. The third kappa shape index (κ3) is 3.10. The van der Waals surface area contributed by atoms with Crippen LogP contribution in [0.15, 0.2) is 47.3 Å². The number of rotatable bonds is 5. The molecule has 2 unspecified atom stereocenters. The minimum atomic E-state index is -0.295. The molecule has 2 atom stereocenters. The van der Waals surface area contributed by atoms with Crippen molar-refractivity contribution in [2.24, 2.45) is 5.92 Å². The summed E-state index contributed by atoms with van der Waals surface area (Å²) in [6, 6.07) is 8.89. The molecule has 1 aliphatic carbocycles. The molecule has 0 spiro atoms. The Kier molecular flexibility index (Phi) is 4.19. The highest BCUT2D eigenvalue weighted by atomic mass is 16.5. The van der Waals surface area contributed by atoms with Crippen molar-refractivity contribution in [2.45, 2.75) is 38.3 Å². The number of furan rings is 1. The van der Waals surface area contributed by atoms with Crippen molar-refractivity contribution < 1.29 is 18.7 Å². The van der Waals surface area contributed by atoms with Gasteiger partial charge in [-0.05, 0) is 43.0 Å². The van der Waals surface area contributed by atoms with Gasteiger partial charge in [-0.3, -0.25) is 10.1 Å². The van der Waals surface area contributed by atoms with Gasteiger partial charge in [-0.1, -0.05) is 19.1 Å². The monoisotopic (exact) mass is 392 g/mol. The number of nitrogens with one attached hydrogen (secondary N) is 1. The second-order valence-corrected chi connectivity index (χ2v) is 7.38. The Morgan fingerprint density at radius 3 is 2.69 bits per heavy atom. The van der Waals surface area contributed by atoms with Crippen LogP contribution in [0.25, 0.3) is 11.1 Å². The fourth-order valence-corrected chi connectivity index (χ4v) is 3.97. The van der Waals surface area contributed by atoms with Crippen LogP contribution in [0.2, 0.25) is 0 Å². The Morgan fingerprint density at radius 1 is 1.17 bits per heavy atom. The Labute approximate surface area is 166 Å². The lowest BCUT2D eigenvalue weighted by molar-refractivity contribution is -0.128. The standard InChI is InChI=1S/C21H20N4O4/c1-2-15-17(25(13-5-6-13)21(27)24-18(15)26)12-3-7-14(8-4-12)29-20-16-9-10-28-19(16)22-11-23-20/h3-4,7-11,13,15,17H,2,5-6H2,1H3,(H,24,26,27). The summed E-state index contributed by atoms with van der Waals surface area (Å²) in [4.78, 5) is 35.0. The average molecular weight is 392 g/mol. The van der Waals surface area contributed by atoms with Crippen LogP contribution in [-0.4, -0.2) is 32.8 Å². The summed E-state index contributed by atoms with van der Waals surface area (Å²) in [5.41, 5.74) is 1.39. The van der Waals surface area contributed by atoms with Gasteiger partial charge < -0.3 is 14.1 Å². The van der Waals surface area contributed by atoms with Crippen molar-refractivity contribution in [1.29, 1.82) is 0 Å². The van der Waals surface area contributed by atoms with Crippen LogP contribution in [0, 0.1) is 5.92 Å². The minimum Gasteiger partial charge on any atom is -0.446 e. The highest BCUT2D eigenvalue weighted by Crippen LogP contribution is 2.42. The van der Waals surface area contributed by atoms with Crippen LogP contribution in [-0.2, 0) is 4.79 Å². The first-order chi connectivity index (χ1) is 14.2. The number of ether oxygens (including phenoxy) is 1. The van der Waals surface area contributed by atoms with Gasteiger partial charge in [0, 0.05) is 6.04 Å². The molecule has 8 heteroatoms. The van der Waals surface area contributed by atoms with Crippen molar-refractivity contribution in [1.82, 2.24) is 20.2 Å². The van der Waals surface area contributed by atoms with Gasteiger partial charge >= 0.3 is 6.03 Å². The van der Waals surface area contributed by atoms with Crippen molar-refractivity contribution in [3.05, 3.63) is 48.5 Å². The summed E-state index contributed by atoms with van der Waals surface area (Å²) in [5, 5.41) is 3.20. The molecule has 1 saturated heterocycles. The van der Waals surface area contributed by atoms with Crippen LogP contribution >= 0.6 is 0 Å². The fourth-order valence-electron chi connectivity index (χ4n) is 3.97. The van der Waals surface area contributed by atoms with Gasteiger partial charge in [-0.15, -0.1) is 0 Å². The van der Waals surface area contributed by atoms with E-state index in [9.17, 15) is 9.59 Å². The SMILES string of the molecule is CCC1C(=O)NC(=O)N(C2CC2)C1c1ccc(Oc2ncnc3occc23)cc1. The Bertz CT molecular complexity index is 1070. The molecule has 2 aromatic heterocycles. The van der Waals surface area contributed by atoms with Crippen LogP contribution in [0.4, 0.5) is 4.79 Å². The number of fused-ring (bicyclic) bond motifs is 1. The van der Waals surface area contributed by atoms with E-state index in [1.54, 1.807) is 6.07 Å². The number of hydrogen-bond acceptors (Lipinski definition) is 6. The maximum atomic E-state index is 12.5. The van der Waals surface area contributed by atoms with Crippen LogP contribution < -0.4 is 10.1 Å². The van der Waals surface area contributed by atoms with E-state index in [0.717, 1.165) is 18.4 Å². The molecule has 1 N–H and O–H groups in total. The number of benzene rings is 1. The van der Waals surface area contributed by atoms with Gasteiger partial charge in [0.2, 0.25) is 17.5 Å². The summed E-state index contributed by atoms with van der Waals surface area (Å²) in [5.74, 6) is 0.540. The van der Waals surface area contributed by atoms with Gasteiger partial charge in [-0.25, -0.2) is 14.8 Å². The highest BCUT2D eigenvalue weighted by Gasteiger charge is 2.47. The van der Waals surface area contributed by atoms with Gasteiger partial charge in [0.15, 0.2) is 0 Å². The van der Waals surface area contributed by atoms with E-state index in [1.165, 1.54) is 12.6 Å².